The molecule has 1 fully saturated rings. The van der Waals surface area contributed by atoms with Crippen LogP contribution in [-0.2, 0) is 23.0 Å². The van der Waals surface area contributed by atoms with Gasteiger partial charge in [0.05, 0.1) is 23.6 Å². The molecule has 1 amide bonds. The Bertz CT molecular complexity index is 1080. The monoisotopic (exact) mass is 417 g/mol. The number of hydrogen-bond acceptors (Lipinski definition) is 6. The average molecular weight is 417 g/mol. The molecule has 0 aliphatic carbocycles. The molecule has 2 aliphatic heterocycles. The lowest BCUT2D eigenvalue weighted by Crippen LogP contribution is -2.42. The van der Waals surface area contributed by atoms with Gasteiger partial charge in [-0.2, -0.15) is 4.31 Å². The van der Waals surface area contributed by atoms with E-state index in [1.54, 1.807) is 29.4 Å². The highest BCUT2D eigenvalue weighted by Crippen LogP contribution is 2.30. The summed E-state index contributed by atoms with van der Waals surface area (Å²) in [5.41, 5.74) is 1.22. The molecule has 0 bridgehead atoms. The summed E-state index contributed by atoms with van der Waals surface area (Å²) in [4.78, 5) is 38.9. The highest BCUT2D eigenvalue weighted by molar-refractivity contribution is 7.88. The number of nitrogens with one attached hydrogen (secondary N) is 1. The Hall–Kier alpha value is -2.59. The second kappa shape index (κ2) is 7.68. The van der Waals surface area contributed by atoms with E-state index < -0.39 is 10.0 Å². The highest BCUT2D eigenvalue weighted by Gasteiger charge is 2.32. The molecular formula is C19H23N5O4S. The van der Waals surface area contributed by atoms with E-state index in [9.17, 15) is 18.0 Å². The van der Waals surface area contributed by atoms with Crippen molar-refractivity contribution in [1.29, 1.82) is 0 Å². The SMILES string of the molecule is CS(=O)(=O)N1CCc2nc([C@H]3CCCCN3C(=O)c3ccncc3)[nH]c(=O)c2C1. The first-order valence-electron chi connectivity index (χ1n) is 9.62. The number of carbonyl (C=O) groups is 1. The predicted octanol–water partition coefficient (Wildman–Crippen LogP) is 0.850. The lowest BCUT2D eigenvalue weighted by Gasteiger charge is -2.35. The fourth-order valence-electron chi connectivity index (χ4n) is 3.98. The number of H-pyrrole nitrogens is 1. The van der Waals surface area contributed by atoms with E-state index in [4.69, 9.17) is 0 Å². The first-order valence-corrected chi connectivity index (χ1v) is 11.5. The van der Waals surface area contributed by atoms with Gasteiger partial charge in [0.1, 0.15) is 5.82 Å². The van der Waals surface area contributed by atoms with Crippen LogP contribution in [0.2, 0.25) is 0 Å². The largest absolute Gasteiger partial charge is 0.328 e. The maximum absolute atomic E-state index is 13.0. The number of aromatic nitrogens is 3. The van der Waals surface area contributed by atoms with Gasteiger partial charge in [0.2, 0.25) is 10.0 Å². The number of hydrogen-bond donors (Lipinski definition) is 1. The van der Waals surface area contributed by atoms with E-state index in [0.29, 0.717) is 48.6 Å². The molecule has 0 saturated carbocycles. The second-order valence-electron chi connectivity index (χ2n) is 7.47. The minimum atomic E-state index is -3.37. The number of piperidine rings is 1. The lowest BCUT2D eigenvalue weighted by atomic mass is 9.99. The third-order valence-electron chi connectivity index (χ3n) is 5.53. The van der Waals surface area contributed by atoms with Crippen LogP contribution in [0.5, 0.6) is 0 Å². The molecule has 2 aromatic heterocycles. The van der Waals surface area contributed by atoms with Crippen molar-refractivity contribution in [3.63, 3.8) is 0 Å². The molecule has 4 rings (SSSR count). The standard InChI is InChI=1S/C19H23N5O4S/c1-29(27,28)23-11-7-15-14(12-23)18(25)22-17(21-15)16-4-2-3-10-24(16)19(26)13-5-8-20-9-6-13/h5-6,8-9,16H,2-4,7,10-12H2,1H3,(H,21,22,25)/t16-/m1/s1. The maximum Gasteiger partial charge on any atom is 0.255 e. The van der Waals surface area contributed by atoms with Gasteiger partial charge in [0.15, 0.2) is 0 Å². The third-order valence-corrected chi connectivity index (χ3v) is 6.78. The first-order chi connectivity index (χ1) is 13.8. The van der Waals surface area contributed by atoms with Crippen LogP contribution in [-0.4, -0.2) is 57.8 Å². The Morgan fingerprint density at radius 1 is 1.21 bits per heavy atom. The Kier molecular flexibility index (Phi) is 5.22. The van der Waals surface area contributed by atoms with Crippen LogP contribution in [0.1, 0.15) is 52.7 Å². The van der Waals surface area contributed by atoms with Crippen LogP contribution < -0.4 is 5.56 Å². The molecule has 0 unspecified atom stereocenters. The summed E-state index contributed by atoms with van der Waals surface area (Å²) in [6, 6.07) is 3.04. The number of carbonyl (C=O) groups excluding carboxylic acids is 1. The van der Waals surface area contributed by atoms with Crippen molar-refractivity contribution in [2.24, 2.45) is 0 Å². The van der Waals surface area contributed by atoms with Gasteiger partial charge in [-0.05, 0) is 31.4 Å². The molecule has 1 N–H and O–H groups in total. The zero-order chi connectivity index (χ0) is 20.6. The number of nitrogens with zero attached hydrogens (tertiary/aromatic N) is 4. The second-order valence-corrected chi connectivity index (χ2v) is 9.45. The van der Waals surface area contributed by atoms with Crippen LogP contribution >= 0.6 is 0 Å². The summed E-state index contributed by atoms with van der Waals surface area (Å²) in [7, 11) is -3.37. The topological polar surface area (TPSA) is 116 Å². The first kappa shape index (κ1) is 19.7. The van der Waals surface area contributed by atoms with Crippen LogP contribution in [0.25, 0.3) is 0 Å². The molecule has 1 atom stereocenters. The minimum Gasteiger partial charge on any atom is -0.328 e. The maximum atomic E-state index is 13.0. The quantitative estimate of drug-likeness (QED) is 0.791. The summed E-state index contributed by atoms with van der Waals surface area (Å²) in [5.74, 6) is 0.365. The van der Waals surface area contributed by atoms with Crippen molar-refractivity contribution in [3.05, 3.63) is 57.5 Å². The average Bonchev–Trinajstić information content (AvgIpc) is 2.73. The Morgan fingerprint density at radius 3 is 2.69 bits per heavy atom. The fraction of sp³-hybridized carbons (Fsp3) is 0.474. The van der Waals surface area contributed by atoms with Crippen molar-refractivity contribution in [2.75, 3.05) is 19.3 Å². The summed E-state index contributed by atoms with van der Waals surface area (Å²) in [5, 5.41) is 0. The normalized spacial score (nSPS) is 20.3. The van der Waals surface area contributed by atoms with E-state index >= 15 is 0 Å². The van der Waals surface area contributed by atoms with E-state index in [2.05, 4.69) is 15.0 Å². The minimum absolute atomic E-state index is 0.0289. The fourth-order valence-corrected chi connectivity index (χ4v) is 4.77. The molecule has 10 heteroatoms. The molecule has 1 saturated heterocycles. The van der Waals surface area contributed by atoms with Gasteiger partial charge in [-0.3, -0.25) is 14.6 Å². The van der Waals surface area contributed by atoms with Crippen LogP contribution in [0, 0.1) is 0 Å². The summed E-state index contributed by atoms with van der Waals surface area (Å²) in [6.45, 7) is 0.918. The number of amides is 1. The number of pyridine rings is 1. The van der Waals surface area contributed by atoms with Gasteiger partial charge in [-0.1, -0.05) is 0 Å². The summed E-state index contributed by atoms with van der Waals surface area (Å²) < 4.78 is 24.9. The number of likely N-dealkylation sites (tertiary alicyclic amines) is 1. The van der Waals surface area contributed by atoms with Gasteiger partial charge in [-0.25, -0.2) is 13.4 Å². The van der Waals surface area contributed by atoms with Crippen molar-refractivity contribution >= 4 is 15.9 Å². The van der Waals surface area contributed by atoms with Crippen molar-refractivity contribution in [2.45, 2.75) is 38.3 Å². The van der Waals surface area contributed by atoms with E-state index in [0.717, 1.165) is 19.1 Å². The van der Waals surface area contributed by atoms with Gasteiger partial charge >= 0.3 is 0 Å². The molecule has 2 aliphatic rings. The smallest absolute Gasteiger partial charge is 0.255 e. The van der Waals surface area contributed by atoms with Gasteiger partial charge in [0, 0.05) is 44.0 Å². The van der Waals surface area contributed by atoms with Gasteiger partial charge in [0.25, 0.3) is 11.5 Å². The third kappa shape index (κ3) is 3.95. The Labute approximate surface area is 168 Å². The number of fused-ring (bicyclic) bond motifs is 1. The van der Waals surface area contributed by atoms with Gasteiger partial charge in [-0.15, -0.1) is 0 Å². The van der Waals surface area contributed by atoms with Crippen molar-refractivity contribution < 1.29 is 13.2 Å². The summed E-state index contributed by atoms with van der Waals surface area (Å²) in [6.07, 6.45) is 7.23. The van der Waals surface area contributed by atoms with Crippen molar-refractivity contribution in [1.82, 2.24) is 24.2 Å². The summed E-state index contributed by atoms with van der Waals surface area (Å²) >= 11 is 0. The molecular weight excluding hydrogens is 394 g/mol. The van der Waals surface area contributed by atoms with Crippen LogP contribution in [0.4, 0.5) is 0 Å². The lowest BCUT2D eigenvalue weighted by molar-refractivity contribution is 0.0598. The zero-order valence-corrected chi connectivity index (χ0v) is 17.0. The number of sulfonamides is 1. The molecule has 0 aromatic carbocycles. The van der Waals surface area contributed by atoms with Crippen LogP contribution in [0.15, 0.2) is 29.3 Å². The molecule has 0 radical (unpaired) electrons. The predicted molar refractivity (Wildman–Crippen MR) is 106 cm³/mol. The van der Waals surface area contributed by atoms with Crippen LogP contribution in [0.3, 0.4) is 0 Å². The van der Waals surface area contributed by atoms with Gasteiger partial charge < -0.3 is 9.88 Å². The molecule has 154 valence electrons. The highest BCUT2D eigenvalue weighted by atomic mass is 32.2. The van der Waals surface area contributed by atoms with E-state index in [1.807, 2.05) is 0 Å². The number of rotatable bonds is 3. The van der Waals surface area contributed by atoms with Crippen molar-refractivity contribution in [3.8, 4) is 0 Å². The Balaban J connectivity index is 1.66. The molecule has 4 heterocycles. The van der Waals surface area contributed by atoms with E-state index in [-0.39, 0.29) is 24.1 Å². The molecule has 0 spiro atoms. The zero-order valence-electron chi connectivity index (χ0n) is 16.2. The molecule has 29 heavy (non-hydrogen) atoms. The molecule has 9 nitrogen and oxygen atoms in total. The van der Waals surface area contributed by atoms with E-state index in [1.165, 1.54) is 4.31 Å². The number of aromatic amines is 1. The molecule has 2 aromatic rings. The Morgan fingerprint density at radius 2 is 1.97 bits per heavy atom.